The summed E-state index contributed by atoms with van der Waals surface area (Å²) in [6.45, 7) is 4.65. The number of ether oxygens (including phenoxy) is 2. The summed E-state index contributed by atoms with van der Waals surface area (Å²) in [7, 11) is 0. The number of benzene rings is 2. The Labute approximate surface area is 250 Å². The predicted molar refractivity (Wildman–Crippen MR) is 158 cm³/mol. The van der Waals surface area contributed by atoms with Crippen LogP contribution in [0.25, 0.3) is 0 Å². The molecule has 4 heterocycles. The second-order valence-electron chi connectivity index (χ2n) is 11.2. The number of piperidine rings is 1. The number of carboxylic acids is 1. The maximum atomic E-state index is 13.9. The van der Waals surface area contributed by atoms with Gasteiger partial charge in [-0.3, -0.25) is 4.90 Å². The van der Waals surface area contributed by atoms with E-state index in [9.17, 15) is 9.59 Å². The number of hydrogen-bond donors (Lipinski definition) is 1. The Bertz CT molecular complexity index is 1390. The molecule has 0 aliphatic carbocycles. The zero-order chi connectivity index (χ0) is 29.1. The Morgan fingerprint density at radius 1 is 1.00 bits per heavy atom. The van der Waals surface area contributed by atoms with Crippen LogP contribution in [0.3, 0.4) is 0 Å². The highest BCUT2D eigenvalue weighted by molar-refractivity contribution is 6.30. The lowest BCUT2D eigenvalue weighted by atomic mass is 9.98. The van der Waals surface area contributed by atoms with Crippen LogP contribution >= 0.6 is 11.6 Å². The number of nitrogens with zero attached hydrogens (tertiary/aromatic N) is 4. The van der Waals surface area contributed by atoms with E-state index in [0.717, 1.165) is 56.4 Å². The van der Waals surface area contributed by atoms with Crippen molar-refractivity contribution in [2.24, 2.45) is 0 Å². The number of likely N-dealkylation sites (tertiary alicyclic amines) is 1. The average molecular weight is 591 g/mol. The predicted octanol–water partition coefficient (Wildman–Crippen LogP) is 5.85. The lowest BCUT2D eigenvalue weighted by molar-refractivity contribution is 0.0493. The molecule has 3 saturated heterocycles. The van der Waals surface area contributed by atoms with Gasteiger partial charge in [0.05, 0.1) is 11.6 Å². The Morgan fingerprint density at radius 2 is 1.76 bits per heavy atom. The van der Waals surface area contributed by atoms with Crippen LogP contribution in [0.2, 0.25) is 5.02 Å². The molecule has 2 aromatic carbocycles. The van der Waals surface area contributed by atoms with Crippen molar-refractivity contribution < 1.29 is 24.2 Å². The lowest BCUT2D eigenvalue weighted by Crippen LogP contribution is -2.48. The molecule has 0 bridgehead atoms. The maximum absolute atomic E-state index is 13.9. The molecular formula is C32H35ClN4O5. The Kier molecular flexibility index (Phi) is 8.60. The van der Waals surface area contributed by atoms with Crippen molar-refractivity contribution in [3.8, 4) is 11.6 Å². The van der Waals surface area contributed by atoms with Crippen molar-refractivity contribution in [1.29, 1.82) is 0 Å². The number of carbonyl (C=O) groups excluding carboxylic acids is 1. The number of amides is 2. The zero-order valence-electron chi connectivity index (χ0n) is 23.4. The highest BCUT2D eigenvalue weighted by Crippen LogP contribution is 2.37. The fourth-order valence-corrected chi connectivity index (χ4v) is 6.49. The largest absolute Gasteiger partial charge is 0.478 e. The molecule has 0 saturated carbocycles. The summed E-state index contributed by atoms with van der Waals surface area (Å²) in [5, 5.41) is 9.75. The van der Waals surface area contributed by atoms with Gasteiger partial charge in [0.15, 0.2) is 0 Å². The third-order valence-corrected chi connectivity index (χ3v) is 8.75. The lowest BCUT2D eigenvalue weighted by Gasteiger charge is -2.39. The number of halogens is 1. The fraction of sp³-hybridized carbons (Fsp3) is 0.406. The summed E-state index contributed by atoms with van der Waals surface area (Å²) in [4.78, 5) is 36.0. The van der Waals surface area contributed by atoms with Crippen LogP contribution in [0.5, 0.6) is 11.6 Å². The summed E-state index contributed by atoms with van der Waals surface area (Å²) < 4.78 is 11.3. The van der Waals surface area contributed by atoms with Gasteiger partial charge in [-0.05, 0) is 73.2 Å². The van der Waals surface area contributed by atoms with Gasteiger partial charge in [0.25, 0.3) is 0 Å². The number of carbonyl (C=O) groups is 2. The minimum atomic E-state index is -0.974. The molecule has 0 unspecified atom stereocenters. The van der Waals surface area contributed by atoms with Crippen LogP contribution in [0.4, 0.5) is 4.79 Å². The average Bonchev–Trinajstić information content (AvgIpc) is 3.36. The van der Waals surface area contributed by atoms with Crippen molar-refractivity contribution in [3.05, 3.63) is 88.6 Å². The molecular weight excluding hydrogens is 556 g/mol. The van der Waals surface area contributed by atoms with Crippen LogP contribution in [0, 0.1) is 0 Å². The van der Waals surface area contributed by atoms with Gasteiger partial charge in [0.1, 0.15) is 5.75 Å². The smallest absolute Gasteiger partial charge is 0.335 e. The molecule has 9 nitrogen and oxygen atoms in total. The quantitative estimate of drug-likeness (QED) is 0.352. The van der Waals surface area contributed by atoms with Crippen LogP contribution in [0.1, 0.15) is 53.2 Å². The Hall–Kier alpha value is -3.66. The first-order valence-electron chi connectivity index (χ1n) is 14.6. The molecule has 1 atom stereocenters. The van der Waals surface area contributed by atoms with Crippen molar-refractivity contribution in [2.45, 2.75) is 50.4 Å². The SMILES string of the molecule is O=C(O)c1ccc(Oc2ccc(CN3CCC(N4C(=O)N(C5CCOCC5)C[C@H]4c4cccc(Cl)c4)CC3)cn2)cc1. The summed E-state index contributed by atoms with van der Waals surface area (Å²) >= 11 is 6.37. The Balaban J connectivity index is 1.07. The normalized spacial score (nSPS) is 20.7. The van der Waals surface area contributed by atoms with Gasteiger partial charge in [0, 0.05) is 68.8 Å². The van der Waals surface area contributed by atoms with Gasteiger partial charge in [-0.2, -0.15) is 0 Å². The first-order valence-corrected chi connectivity index (χ1v) is 14.9. The number of aromatic carboxylic acids is 1. The highest BCUT2D eigenvalue weighted by Gasteiger charge is 2.45. The van der Waals surface area contributed by atoms with Crippen LogP contribution in [0.15, 0.2) is 66.9 Å². The van der Waals surface area contributed by atoms with Crippen molar-refractivity contribution >= 4 is 23.6 Å². The van der Waals surface area contributed by atoms with Gasteiger partial charge in [-0.1, -0.05) is 29.8 Å². The molecule has 3 aliphatic heterocycles. The van der Waals surface area contributed by atoms with Gasteiger partial charge in [0.2, 0.25) is 5.88 Å². The van der Waals surface area contributed by atoms with Gasteiger partial charge < -0.3 is 24.4 Å². The van der Waals surface area contributed by atoms with Crippen molar-refractivity contribution in [3.63, 3.8) is 0 Å². The molecule has 3 fully saturated rings. The highest BCUT2D eigenvalue weighted by atomic mass is 35.5. The number of rotatable bonds is 8. The second kappa shape index (κ2) is 12.7. The minimum Gasteiger partial charge on any atom is -0.478 e. The van der Waals surface area contributed by atoms with Crippen LogP contribution < -0.4 is 4.74 Å². The standard InChI is InChI=1S/C32H35ClN4O5/c33-25-3-1-2-24(18-25)29-21-36(26-12-16-41-17-13-26)32(40)37(29)27-10-14-35(15-11-27)20-22-4-9-30(34-19-22)42-28-7-5-23(6-8-28)31(38)39/h1-9,18-19,26-27,29H,10-17,20-21H2,(H,38,39)/t29-/m0/s1. The Morgan fingerprint density at radius 3 is 2.43 bits per heavy atom. The summed E-state index contributed by atoms with van der Waals surface area (Å²) in [5.74, 6) is 0.0115. The van der Waals surface area contributed by atoms with E-state index in [-0.39, 0.29) is 29.7 Å². The molecule has 2 amide bonds. The minimum absolute atomic E-state index is 0.00679. The van der Waals surface area contributed by atoms with E-state index in [1.807, 2.05) is 36.5 Å². The van der Waals surface area contributed by atoms with Crippen LogP contribution in [-0.4, -0.2) is 81.7 Å². The van der Waals surface area contributed by atoms with E-state index >= 15 is 0 Å². The van der Waals surface area contributed by atoms with E-state index in [0.29, 0.717) is 36.4 Å². The van der Waals surface area contributed by atoms with E-state index < -0.39 is 5.97 Å². The van der Waals surface area contributed by atoms with E-state index in [4.69, 9.17) is 26.2 Å². The molecule has 1 N–H and O–H groups in total. The third kappa shape index (κ3) is 6.38. The molecule has 10 heteroatoms. The fourth-order valence-electron chi connectivity index (χ4n) is 6.29. The molecule has 42 heavy (non-hydrogen) atoms. The monoisotopic (exact) mass is 590 g/mol. The molecule has 220 valence electrons. The number of carboxylic acid groups (broad SMARTS) is 1. The summed E-state index contributed by atoms with van der Waals surface area (Å²) in [5.41, 5.74) is 2.39. The van der Waals surface area contributed by atoms with E-state index in [1.165, 1.54) is 12.1 Å². The number of aromatic nitrogens is 1. The molecule has 6 rings (SSSR count). The molecule has 1 aromatic heterocycles. The first-order chi connectivity index (χ1) is 20.4. The molecule has 3 aromatic rings. The summed E-state index contributed by atoms with van der Waals surface area (Å²) in [6.07, 6.45) is 5.40. The van der Waals surface area contributed by atoms with E-state index in [2.05, 4.69) is 25.8 Å². The molecule has 0 spiro atoms. The van der Waals surface area contributed by atoms with Gasteiger partial charge in [-0.25, -0.2) is 14.6 Å². The first kappa shape index (κ1) is 28.5. The second-order valence-corrected chi connectivity index (χ2v) is 11.6. The van der Waals surface area contributed by atoms with Gasteiger partial charge >= 0.3 is 12.0 Å². The van der Waals surface area contributed by atoms with Crippen molar-refractivity contribution in [2.75, 3.05) is 32.8 Å². The zero-order valence-corrected chi connectivity index (χ0v) is 24.2. The molecule has 3 aliphatic rings. The molecule has 0 radical (unpaired) electrons. The van der Waals surface area contributed by atoms with Crippen LogP contribution in [-0.2, 0) is 11.3 Å². The third-order valence-electron chi connectivity index (χ3n) is 8.52. The maximum Gasteiger partial charge on any atom is 0.335 e. The van der Waals surface area contributed by atoms with Crippen molar-refractivity contribution in [1.82, 2.24) is 19.7 Å². The number of urea groups is 1. The van der Waals surface area contributed by atoms with E-state index in [1.54, 1.807) is 12.1 Å². The number of pyridine rings is 1. The number of hydrogen-bond acceptors (Lipinski definition) is 6. The van der Waals surface area contributed by atoms with Gasteiger partial charge in [-0.15, -0.1) is 0 Å². The summed E-state index contributed by atoms with van der Waals surface area (Å²) in [6, 6.07) is 18.6. The topological polar surface area (TPSA) is 95.4 Å².